The summed E-state index contributed by atoms with van der Waals surface area (Å²) in [5.74, 6) is 5.95. The summed E-state index contributed by atoms with van der Waals surface area (Å²) in [6.07, 6.45) is 0.903. The van der Waals surface area contributed by atoms with Crippen molar-refractivity contribution in [3.63, 3.8) is 0 Å². The zero-order valence-electron chi connectivity index (χ0n) is 8.52. The van der Waals surface area contributed by atoms with Gasteiger partial charge in [-0.2, -0.15) is 0 Å². The van der Waals surface area contributed by atoms with Crippen molar-refractivity contribution < 1.29 is 9.13 Å². The van der Waals surface area contributed by atoms with E-state index in [-0.39, 0.29) is 11.7 Å². The summed E-state index contributed by atoms with van der Waals surface area (Å²) < 4.78 is 18.4. The lowest BCUT2D eigenvalue weighted by Gasteiger charge is -2.06. The number of hydrogen-bond donors (Lipinski definition) is 0. The van der Waals surface area contributed by atoms with Crippen molar-refractivity contribution in [2.75, 3.05) is 12.5 Å². The third-order valence-electron chi connectivity index (χ3n) is 1.69. The average molecular weight is 227 g/mol. The second-order valence-electron chi connectivity index (χ2n) is 2.92. The van der Waals surface area contributed by atoms with Gasteiger partial charge in [-0.15, -0.1) is 11.6 Å². The lowest BCUT2D eigenvalue weighted by molar-refractivity contribution is 0.316. The highest BCUT2D eigenvalue weighted by atomic mass is 35.5. The van der Waals surface area contributed by atoms with E-state index in [0.717, 1.165) is 6.42 Å². The minimum absolute atomic E-state index is 0.226. The largest absolute Gasteiger partial charge is 0.492 e. The van der Waals surface area contributed by atoms with Crippen LogP contribution in [-0.4, -0.2) is 12.5 Å². The van der Waals surface area contributed by atoms with Crippen LogP contribution in [0.15, 0.2) is 18.2 Å². The monoisotopic (exact) mass is 226 g/mol. The van der Waals surface area contributed by atoms with Gasteiger partial charge in [-0.25, -0.2) is 4.39 Å². The molecule has 0 aliphatic carbocycles. The van der Waals surface area contributed by atoms with E-state index in [4.69, 9.17) is 16.3 Å². The van der Waals surface area contributed by atoms with Gasteiger partial charge < -0.3 is 4.74 Å². The third-order valence-corrected chi connectivity index (χ3v) is 1.83. The lowest BCUT2D eigenvalue weighted by atomic mass is 10.2. The number of rotatable bonds is 3. The number of halogens is 2. The standard InChI is InChI=1S/C12H12ClFO/c1-2-8-15-12-6-5-11(14)9-10(12)4-3-7-13/h5-6,9H,2,7-8H2,1H3. The summed E-state index contributed by atoms with van der Waals surface area (Å²) in [5, 5.41) is 0. The van der Waals surface area contributed by atoms with E-state index in [1.807, 2.05) is 6.92 Å². The van der Waals surface area contributed by atoms with E-state index in [9.17, 15) is 4.39 Å². The zero-order valence-corrected chi connectivity index (χ0v) is 9.27. The Morgan fingerprint density at radius 1 is 1.47 bits per heavy atom. The Kier molecular flexibility index (Phi) is 5.00. The number of hydrogen-bond acceptors (Lipinski definition) is 1. The average Bonchev–Trinajstić information content (AvgIpc) is 2.25. The first-order valence-corrected chi connectivity index (χ1v) is 5.28. The second kappa shape index (κ2) is 6.31. The van der Waals surface area contributed by atoms with E-state index in [1.165, 1.54) is 12.1 Å². The molecule has 0 N–H and O–H groups in total. The molecule has 1 aromatic rings. The maximum atomic E-state index is 12.9. The zero-order chi connectivity index (χ0) is 11.1. The molecule has 0 unspecified atom stereocenters. The van der Waals surface area contributed by atoms with Gasteiger partial charge in [0.2, 0.25) is 0 Å². The molecule has 3 heteroatoms. The molecule has 0 atom stereocenters. The van der Waals surface area contributed by atoms with Crippen molar-refractivity contribution >= 4 is 11.6 Å². The molecule has 0 aliphatic heterocycles. The summed E-state index contributed by atoms with van der Waals surface area (Å²) >= 11 is 5.44. The quantitative estimate of drug-likeness (QED) is 0.568. The molecule has 0 aliphatic rings. The Bertz CT molecular complexity index is 379. The minimum Gasteiger partial charge on any atom is -0.492 e. The molecule has 0 saturated carbocycles. The van der Waals surface area contributed by atoms with Crippen molar-refractivity contribution in [1.82, 2.24) is 0 Å². The molecule has 1 aromatic carbocycles. The summed E-state index contributed by atoms with van der Waals surface area (Å²) in [6.45, 7) is 2.61. The van der Waals surface area contributed by atoms with Crippen LogP contribution in [-0.2, 0) is 0 Å². The van der Waals surface area contributed by atoms with Gasteiger partial charge in [0.1, 0.15) is 11.6 Å². The van der Waals surface area contributed by atoms with Gasteiger partial charge in [0.25, 0.3) is 0 Å². The van der Waals surface area contributed by atoms with Crippen molar-refractivity contribution in [2.45, 2.75) is 13.3 Å². The highest BCUT2D eigenvalue weighted by Crippen LogP contribution is 2.18. The van der Waals surface area contributed by atoms with Crippen LogP contribution >= 0.6 is 11.6 Å². The molecule has 0 radical (unpaired) electrons. The number of alkyl halides is 1. The fraction of sp³-hybridized carbons (Fsp3) is 0.333. The van der Waals surface area contributed by atoms with Crippen molar-refractivity contribution in [1.29, 1.82) is 0 Å². The Morgan fingerprint density at radius 2 is 2.27 bits per heavy atom. The van der Waals surface area contributed by atoms with Gasteiger partial charge in [0.15, 0.2) is 0 Å². The lowest BCUT2D eigenvalue weighted by Crippen LogP contribution is -1.97. The Morgan fingerprint density at radius 3 is 2.93 bits per heavy atom. The van der Waals surface area contributed by atoms with E-state index < -0.39 is 0 Å². The van der Waals surface area contributed by atoms with Crippen LogP contribution in [0.5, 0.6) is 5.75 Å². The molecular formula is C12H12ClFO. The van der Waals surface area contributed by atoms with Crippen molar-refractivity contribution in [2.24, 2.45) is 0 Å². The van der Waals surface area contributed by atoms with Gasteiger partial charge in [0, 0.05) is 0 Å². The maximum absolute atomic E-state index is 12.9. The summed E-state index contributed by atoms with van der Waals surface area (Å²) in [7, 11) is 0. The van der Waals surface area contributed by atoms with Gasteiger partial charge in [-0.05, 0) is 24.6 Å². The van der Waals surface area contributed by atoms with Crippen molar-refractivity contribution in [3.8, 4) is 17.6 Å². The van der Waals surface area contributed by atoms with E-state index >= 15 is 0 Å². The third kappa shape index (κ3) is 3.81. The Hall–Kier alpha value is -1.20. The van der Waals surface area contributed by atoms with Gasteiger partial charge in [-0.3, -0.25) is 0 Å². The molecule has 0 heterocycles. The van der Waals surface area contributed by atoms with Crippen LogP contribution in [0.1, 0.15) is 18.9 Å². The predicted octanol–water partition coefficient (Wildman–Crippen LogP) is 3.20. The maximum Gasteiger partial charge on any atom is 0.135 e. The number of benzene rings is 1. The molecule has 80 valence electrons. The first-order chi connectivity index (χ1) is 7.27. The molecule has 0 bridgehead atoms. The molecule has 0 amide bonds. The van der Waals surface area contributed by atoms with Crippen LogP contribution in [0, 0.1) is 17.7 Å². The summed E-state index contributed by atoms with van der Waals surface area (Å²) in [4.78, 5) is 0. The van der Waals surface area contributed by atoms with Crippen molar-refractivity contribution in [3.05, 3.63) is 29.6 Å². The highest BCUT2D eigenvalue weighted by molar-refractivity contribution is 6.19. The summed E-state index contributed by atoms with van der Waals surface area (Å²) in [5.41, 5.74) is 0.545. The summed E-state index contributed by atoms with van der Waals surface area (Å²) in [6, 6.07) is 4.30. The van der Waals surface area contributed by atoms with Crippen LogP contribution in [0.4, 0.5) is 4.39 Å². The van der Waals surface area contributed by atoms with Gasteiger partial charge in [0.05, 0.1) is 18.1 Å². The van der Waals surface area contributed by atoms with Gasteiger partial charge >= 0.3 is 0 Å². The first kappa shape index (κ1) is 11.9. The van der Waals surface area contributed by atoms with Crippen LogP contribution < -0.4 is 4.74 Å². The van der Waals surface area contributed by atoms with Crippen LogP contribution in [0.25, 0.3) is 0 Å². The fourth-order valence-electron chi connectivity index (χ4n) is 1.07. The Labute approximate surface area is 94.2 Å². The first-order valence-electron chi connectivity index (χ1n) is 4.75. The minimum atomic E-state index is -0.322. The topological polar surface area (TPSA) is 9.23 Å². The molecule has 1 rings (SSSR count). The Balaban J connectivity index is 2.92. The fourth-order valence-corrected chi connectivity index (χ4v) is 1.13. The SMILES string of the molecule is CCCOc1ccc(F)cc1C#CCCl. The number of ether oxygens (including phenoxy) is 1. The van der Waals surface area contributed by atoms with E-state index in [0.29, 0.717) is 17.9 Å². The van der Waals surface area contributed by atoms with Crippen LogP contribution in [0.3, 0.4) is 0 Å². The van der Waals surface area contributed by atoms with E-state index in [2.05, 4.69) is 11.8 Å². The van der Waals surface area contributed by atoms with Gasteiger partial charge in [-0.1, -0.05) is 18.8 Å². The highest BCUT2D eigenvalue weighted by Gasteiger charge is 2.02. The molecule has 1 nitrogen and oxygen atoms in total. The molecule has 0 saturated heterocycles. The predicted molar refractivity (Wildman–Crippen MR) is 59.8 cm³/mol. The molecule has 0 fully saturated rings. The molecular weight excluding hydrogens is 215 g/mol. The molecule has 15 heavy (non-hydrogen) atoms. The molecule has 0 spiro atoms. The van der Waals surface area contributed by atoms with Crippen LogP contribution in [0.2, 0.25) is 0 Å². The molecule has 0 aromatic heterocycles. The normalized spacial score (nSPS) is 9.27. The second-order valence-corrected chi connectivity index (χ2v) is 3.19. The van der Waals surface area contributed by atoms with E-state index in [1.54, 1.807) is 6.07 Å². The smallest absolute Gasteiger partial charge is 0.135 e.